The number of hydrogen-bond donors (Lipinski definition) is 8. The van der Waals surface area contributed by atoms with Gasteiger partial charge in [-0.15, -0.1) is 0 Å². The Kier molecular flexibility index (Phi) is 72.5. The van der Waals surface area contributed by atoms with Crippen molar-refractivity contribution < 1.29 is 67.1 Å². The van der Waals surface area contributed by atoms with Gasteiger partial charge in [-0.25, -0.2) is 0 Å². The van der Waals surface area contributed by atoms with Gasteiger partial charge >= 0.3 is 0 Å². The van der Waals surface area contributed by atoms with E-state index in [1.54, 1.807) is 0 Å². The number of aliphatic hydroxyl groups is 8. The maximum Gasteiger partial charge on any atom is 0.0431 e. The molecule has 25 heavy (non-hydrogen) atoms. The summed E-state index contributed by atoms with van der Waals surface area (Å²) < 4.78 is 0. The van der Waals surface area contributed by atoms with Crippen LogP contribution in [0.15, 0.2) is 0 Å². The van der Waals surface area contributed by atoms with Crippen LogP contribution in [0.1, 0.15) is 51.4 Å². The second kappa shape index (κ2) is 49.7. The van der Waals surface area contributed by atoms with Gasteiger partial charge in [0.15, 0.2) is 0 Å². The molecule has 0 aliphatic carbocycles. The monoisotopic (exact) mass is 450 g/mol. The zero-order chi connectivity index (χ0) is 19.3. The average Bonchev–Trinajstić information content (AvgIpc) is 2.62. The zero-order valence-electron chi connectivity index (χ0n) is 15.4. The van der Waals surface area contributed by atoms with Gasteiger partial charge in [-0.1, -0.05) is 0 Å². The van der Waals surface area contributed by atoms with Crippen molar-refractivity contribution in [2.75, 3.05) is 52.9 Å². The van der Waals surface area contributed by atoms with Crippen molar-refractivity contribution in [1.29, 1.82) is 0 Å². The maximum atomic E-state index is 8.09. The van der Waals surface area contributed by atoms with Crippen LogP contribution in [0.25, 0.3) is 0 Å². The Labute approximate surface area is 171 Å². The molecule has 0 aliphatic rings. The van der Waals surface area contributed by atoms with Crippen molar-refractivity contribution in [3.05, 3.63) is 0 Å². The molecule has 156 valence electrons. The Bertz CT molecular complexity index is 108. The molecule has 0 aromatic heterocycles. The third kappa shape index (κ3) is 79.2. The zero-order valence-corrected chi connectivity index (χ0v) is 17.8. The maximum absolute atomic E-state index is 8.09. The summed E-state index contributed by atoms with van der Waals surface area (Å²) in [5, 5.41) is 64.7. The SMILES string of the molecule is OCCCCO.OCCCCO.OCCCCO.OCCCCO.[Zr]. The van der Waals surface area contributed by atoms with E-state index in [0.29, 0.717) is 0 Å². The van der Waals surface area contributed by atoms with Crippen molar-refractivity contribution in [2.24, 2.45) is 0 Å². The molecular formula is C16H40O8Zr. The van der Waals surface area contributed by atoms with E-state index in [2.05, 4.69) is 0 Å². The average molecular weight is 452 g/mol. The molecule has 0 atom stereocenters. The number of aliphatic hydroxyl groups excluding tert-OH is 8. The molecule has 0 bridgehead atoms. The summed E-state index contributed by atoms with van der Waals surface area (Å²) >= 11 is 0. The minimum atomic E-state index is 0. The molecule has 0 heterocycles. The van der Waals surface area contributed by atoms with E-state index < -0.39 is 0 Å². The molecule has 0 fully saturated rings. The first-order chi connectivity index (χ1) is 11.7. The summed E-state index contributed by atoms with van der Waals surface area (Å²) in [4.78, 5) is 0. The fourth-order valence-corrected chi connectivity index (χ4v) is 0.894. The molecule has 8 N–H and O–H groups in total. The van der Waals surface area contributed by atoms with Gasteiger partial charge in [0.2, 0.25) is 0 Å². The normalized spacial score (nSPS) is 8.64. The first-order valence-electron chi connectivity index (χ1n) is 8.53. The van der Waals surface area contributed by atoms with Crippen LogP contribution in [0.5, 0.6) is 0 Å². The van der Waals surface area contributed by atoms with Crippen LogP contribution in [0.2, 0.25) is 0 Å². The summed E-state index contributed by atoms with van der Waals surface area (Å²) in [6.45, 7) is 1.56. The summed E-state index contributed by atoms with van der Waals surface area (Å²) in [6.07, 6.45) is 5.75. The molecule has 9 heteroatoms. The molecule has 0 aromatic carbocycles. The molecule has 0 aliphatic heterocycles. The van der Waals surface area contributed by atoms with Crippen molar-refractivity contribution in [3.63, 3.8) is 0 Å². The van der Waals surface area contributed by atoms with Gasteiger partial charge in [0.05, 0.1) is 0 Å². The summed E-state index contributed by atoms with van der Waals surface area (Å²) in [6, 6.07) is 0. The fourth-order valence-electron chi connectivity index (χ4n) is 0.894. The van der Waals surface area contributed by atoms with Crippen LogP contribution in [-0.4, -0.2) is 93.7 Å². The first-order valence-corrected chi connectivity index (χ1v) is 8.53. The van der Waals surface area contributed by atoms with E-state index in [1.807, 2.05) is 0 Å². The minimum Gasteiger partial charge on any atom is -0.396 e. The predicted octanol–water partition coefficient (Wildman–Crippen LogP) is -0.998. The molecule has 0 unspecified atom stereocenters. The Morgan fingerprint density at radius 3 is 0.360 bits per heavy atom. The van der Waals surface area contributed by atoms with Crippen LogP contribution < -0.4 is 0 Å². The van der Waals surface area contributed by atoms with E-state index in [-0.39, 0.29) is 79.1 Å². The largest absolute Gasteiger partial charge is 0.396 e. The quantitative estimate of drug-likeness (QED) is 0.175. The number of hydrogen-bond acceptors (Lipinski definition) is 8. The van der Waals surface area contributed by atoms with Gasteiger partial charge in [0, 0.05) is 79.1 Å². The third-order valence-electron chi connectivity index (χ3n) is 2.26. The van der Waals surface area contributed by atoms with Gasteiger partial charge < -0.3 is 40.9 Å². The Morgan fingerprint density at radius 2 is 0.320 bits per heavy atom. The van der Waals surface area contributed by atoms with Crippen LogP contribution in [0.3, 0.4) is 0 Å². The molecule has 0 saturated heterocycles. The molecule has 0 rings (SSSR count). The Morgan fingerprint density at radius 1 is 0.240 bits per heavy atom. The standard InChI is InChI=1S/4C4H10O2.Zr/c4*5-3-1-2-4-6;/h4*5-6H,1-4H2;. The summed E-state index contributed by atoms with van der Waals surface area (Å²) in [5.74, 6) is 0. The molecule has 0 spiro atoms. The van der Waals surface area contributed by atoms with Crippen molar-refractivity contribution in [3.8, 4) is 0 Å². The van der Waals surface area contributed by atoms with Crippen LogP contribution in [0, 0.1) is 0 Å². The number of rotatable bonds is 12. The fraction of sp³-hybridized carbons (Fsp3) is 1.00. The van der Waals surface area contributed by atoms with E-state index >= 15 is 0 Å². The predicted molar refractivity (Wildman–Crippen MR) is 93.6 cm³/mol. The summed E-state index contributed by atoms with van der Waals surface area (Å²) in [5.41, 5.74) is 0. The van der Waals surface area contributed by atoms with Gasteiger partial charge in [-0.05, 0) is 51.4 Å². The molecule has 0 saturated carbocycles. The van der Waals surface area contributed by atoms with Gasteiger partial charge in [-0.3, -0.25) is 0 Å². The molecule has 8 nitrogen and oxygen atoms in total. The Hall–Kier alpha value is 0.563. The van der Waals surface area contributed by atoms with Crippen LogP contribution in [-0.2, 0) is 26.2 Å². The topological polar surface area (TPSA) is 162 Å². The van der Waals surface area contributed by atoms with Gasteiger partial charge in [0.1, 0.15) is 0 Å². The van der Waals surface area contributed by atoms with Gasteiger partial charge in [0.25, 0.3) is 0 Å². The minimum absolute atomic E-state index is 0. The second-order valence-electron chi connectivity index (χ2n) is 4.62. The third-order valence-corrected chi connectivity index (χ3v) is 2.26. The van der Waals surface area contributed by atoms with Crippen LogP contribution in [0.4, 0.5) is 0 Å². The first kappa shape index (κ1) is 36.5. The number of unbranched alkanes of at least 4 members (excludes halogenated alkanes) is 4. The molecule has 0 radical (unpaired) electrons. The molecule has 0 amide bonds. The molecule has 0 aromatic rings. The van der Waals surface area contributed by atoms with Crippen molar-refractivity contribution in [1.82, 2.24) is 0 Å². The van der Waals surface area contributed by atoms with E-state index in [4.69, 9.17) is 40.9 Å². The second-order valence-corrected chi connectivity index (χ2v) is 4.62. The van der Waals surface area contributed by atoms with E-state index in [9.17, 15) is 0 Å². The Balaban J connectivity index is -0.0000000702. The summed E-state index contributed by atoms with van der Waals surface area (Å²) in [7, 11) is 0. The van der Waals surface area contributed by atoms with E-state index in [1.165, 1.54) is 0 Å². The molecular weight excluding hydrogens is 411 g/mol. The smallest absolute Gasteiger partial charge is 0.0431 e. The van der Waals surface area contributed by atoms with Gasteiger partial charge in [-0.2, -0.15) is 0 Å². The van der Waals surface area contributed by atoms with Crippen molar-refractivity contribution >= 4 is 0 Å². The van der Waals surface area contributed by atoms with Crippen molar-refractivity contribution in [2.45, 2.75) is 51.4 Å². The van der Waals surface area contributed by atoms with Crippen LogP contribution >= 0.6 is 0 Å². The van der Waals surface area contributed by atoms with E-state index in [0.717, 1.165) is 51.4 Å².